The summed E-state index contributed by atoms with van der Waals surface area (Å²) in [6, 6.07) is 0.185. The second-order valence-corrected chi connectivity index (χ2v) is 5.49. The maximum Gasteiger partial charge on any atom is 0.410 e. The number of nitrogens with zero attached hydrogens (tertiary/aromatic N) is 1. The topological polar surface area (TPSA) is 49.8 Å². The number of carbonyl (C=O) groups excluding carboxylic acids is 1. The summed E-state index contributed by atoms with van der Waals surface area (Å²) in [6.45, 7) is 5.58. The lowest BCUT2D eigenvalue weighted by Crippen LogP contribution is -2.41. The molecule has 3 atom stereocenters. The highest BCUT2D eigenvalue weighted by atomic mass is 16.6. The minimum Gasteiger partial charge on any atom is -0.444 e. The Hall–Kier alpha value is -0.770. The lowest BCUT2D eigenvalue weighted by atomic mass is 9.98. The minimum atomic E-state index is -0.454. The van der Waals surface area contributed by atoms with Crippen molar-refractivity contribution in [3.05, 3.63) is 0 Å². The van der Waals surface area contributed by atoms with E-state index in [1.807, 2.05) is 20.8 Å². The van der Waals surface area contributed by atoms with Gasteiger partial charge in [0.25, 0.3) is 0 Å². The summed E-state index contributed by atoms with van der Waals surface area (Å²) in [7, 11) is 0. The van der Waals surface area contributed by atoms with E-state index >= 15 is 0 Å². The van der Waals surface area contributed by atoms with Crippen molar-refractivity contribution in [3.8, 4) is 0 Å². The second-order valence-electron chi connectivity index (χ2n) is 5.49. The van der Waals surface area contributed by atoms with Gasteiger partial charge in [0.2, 0.25) is 0 Å². The van der Waals surface area contributed by atoms with Crippen LogP contribution < -0.4 is 0 Å². The molecule has 2 aliphatic rings. The first-order valence-electron chi connectivity index (χ1n) is 5.58. The van der Waals surface area contributed by atoms with E-state index < -0.39 is 5.60 Å². The molecule has 2 bridgehead atoms. The van der Waals surface area contributed by atoms with Gasteiger partial charge in [0.15, 0.2) is 0 Å². The van der Waals surface area contributed by atoms with Gasteiger partial charge in [-0.05, 0) is 40.0 Å². The van der Waals surface area contributed by atoms with Crippen molar-refractivity contribution in [1.82, 2.24) is 4.90 Å². The van der Waals surface area contributed by atoms with Gasteiger partial charge in [0.05, 0.1) is 12.1 Å². The van der Waals surface area contributed by atoms with Crippen molar-refractivity contribution in [1.29, 1.82) is 0 Å². The van der Waals surface area contributed by atoms with Crippen molar-refractivity contribution >= 4 is 6.09 Å². The van der Waals surface area contributed by atoms with Crippen LogP contribution in [0.5, 0.6) is 0 Å². The standard InChI is InChI=1S/C11H19NO3/c1-11(2,3)15-10(14)12-7-4-5-8(12)9(13)6-7/h7-9,13H,4-6H2,1-3H3/t7-,8+,9+/m0/s1. The van der Waals surface area contributed by atoms with Crippen molar-refractivity contribution < 1.29 is 14.6 Å². The first-order valence-corrected chi connectivity index (χ1v) is 5.58. The Morgan fingerprint density at radius 2 is 2.07 bits per heavy atom. The SMILES string of the molecule is CC(C)(C)OC(=O)N1[C@H]2CC[C@@H]1[C@H](O)C2. The average molecular weight is 213 g/mol. The van der Waals surface area contributed by atoms with Crippen molar-refractivity contribution in [2.24, 2.45) is 0 Å². The lowest BCUT2D eigenvalue weighted by Gasteiger charge is -2.27. The predicted molar refractivity (Wildman–Crippen MR) is 55.5 cm³/mol. The Kier molecular flexibility index (Phi) is 2.41. The molecule has 0 spiro atoms. The quantitative estimate of drug-likeness (QED) is 0.663. The third-order valence-corrected chi connectivity index (χ3v) is 3.11. The van der Waals surface area contributed by atoms with Gasteiger partial charge in [-0.2, -0.15) is 0 Å². The van der Waals surface area contributed by atoms with Crippen LogP contribution >= 0.6 is 0 Å². The van der Waals surface area contributed by atoms with Crippen LogP contribution in [0.15, 0.2) is 0 Å². The number of hydrogen-bond donors (Lipinski definition) is 1. The number of carbonyl (C=O) groups is 1. The fourth-order valence-electron chi connectivity index (χ4n) is 2.56. The number of aliphatic hydroxyl groups is 1. The zero-order valence-corrected chi connectivity index (χ0v) is 9.56. The molecule has 1 N–H and O–H groups in total. The summed E-state index contributed by atoms with van der Waals surface area (Å²) >= 11 is 0. The number of aliphatic hydroxyl groups excluding tert-OH is 1. The third-order valence-electron chi connectivity index (χ3n) is 3.11. The Labute approximate surface area is 90.2 Å². The maximum atomic E-state index is 11.9. The molecule has 4 heteroatoms. The lowest BCUT2D eigenvalue weighted by molar-refractivity contribution is 0.0170. The molecule has 0 unspecified atom stereocenters. The number of amides is 1. The van der Waals surface area contributed by atoms with Crippen LogP contribution in [-0.4, -0.2) is 39.9 Å². The Bertz CT molecular complexity index is 271. The molecule has 0 aromatic carbocycles. The maximum absolute atomic E-state index is 11.9. The zero-order valence-electron chi connectivity index (χ0n) is 9.56. The summed E-state index contributed by atoms with van der Waals surface area (Å²) < 4.78 is 5.33. The van der Waals surface area contributed by atoms with Crippen LogP contribution in [0.3, 0.4) is 0 Å². The van der Waals surface area contributed by atoms with Gasteiger partial charge in [0.1, 0.15) is 5.60 Å². The highest BCUT2D eigenvalue weighted by Gasteiger charge is 2.49. The molecule has 0 saturated carbocycles. The van der Waals surface area contributed by atoms with Gasteiger partial charge in [-0.15, -0.1) is 0 Å². The predicted octanol–water partition coefficient (Wildman–Crippen LogP) is 1.52. The van der Waals surface area contributed by atoms with E-state index in [2.05, 4.69) is 0 Å². The molecule has 2 heterocycles. The van der Waals surface area contributed by atoms with E-state index in [0.717, 1.165) is 12.8 Å². The van der Waals surface area contributed by atoms with Gasteiger partial charge in [-0.3, -0.25) is 4.90 Å². The van der Waals surface area contributed by atoms with E-state index in [1.165, 1.54) is 0 Å². The summed E-state index contributed by atoms with van der Waals surface area (Å²) in [5, 5.41) is 9.69. The van der Waals surface area contributed by atoms with E-state index in [1.54, 1.807) is 4.90 Å². The van der Waals surface area contributed by atoms with E-state index in [4.69, 9.17) is 4.74 Å². The Morgan fingerprint density at radius 3 is 2.47 bits per heavy atom. The molecule has 0 radical (unpaired) electrons. The molecule has 2 rings (SSSR count). The summed E-state index contributed by atoms with van der Waals surface area (Å²) in [5.41, 5.74) is -0.454. The minimum absolute atomic E-state index is 0.00940. The summed E-state index contributed by atoms with van der Waals surface area (Å²) in [5.74, 6) is 0. The fourth-order valence-corrected chi connectivity index (χ4v) is 2.56. The molecular formula is C11H19NO3. The molecule has 0 aromatic heterocycles. The van der Waals surface area contributed by atoms with Crippen molar-refractivity contribution in [2.75, 3.05) is 0 Å². The summed E-state index contributed by atoms with van der Waals surface area (Å²) in [6.07, 6.45) is 2.00. The molecule has 0 aliphatic carbocycles. The molecule has 15 heavy (non-hydrogen) atoms. The van der Waals surface area contributed by atoms with E-state index in [0.29, 0.717) is 6.42 Å². The number of hydrogen-bond acceptors (Lipinski definition) is 3. The van der Waals surface area contributed by atoms with Gasteiger partial charge in [0, 0.05) is 6.04 Å². The van der Waals surface area contributed by atoms with Crippen LogP contribution in [0.1, 0.15) is 40.0 Å². The largest absolute Gasteiger partial charge is 0.444 e. The number of ether oxygens (including phenoxy) is 1. The van der Waals surface area contributed by atoms with Crippen LogP contribution in [0.25, 0.3) is 0 Å². The molecule has 4 nitrogen and oxygen atoms in total. The van der Waals surface area contributed by atoms with E-state index in [-0.39, 0.29) is 24.3 Å². The van der Waals surface area contributed by atoms with E-state index in [9.17, 15) is 9.90 Å². The molecule has 2 aliphatic heterocycles. The van der Waals surface area contributed by atoms with Gasteiger partial charge in [-0.25, -0.2) is 4.79 Å². The van der Waals surface area contributed by atoms with Crippen molar-refractivity contribution in [2.45, 2.75) is 63.8 Å². The Balaban J connectivity index is 2.03. The van der Waals surface area contributed by atoms with Crippen LogP contribution in [-0.2, 0) is 4.74 Å². The van der Waals surface area contributed by atoms with Crippen LogP contribution in [0.4, 0.5) is 4.79 Å². The molecule has 1 amide bonds. The van der Waals surface area contributed by atoms with Crippen molar-refractivity contribution in [3.63, 3.8) is 0 Å². The Morgan fingerprint density at radius 1 is 1.40 bits per heavy atom. The molecule has 2 fully saturated rings. The second kappa shape index (κ2) is 3.37. The molecule has 0 aromatic rings. The first-order chi connectivity index (χ1) is 6.88. The zero-order chi connectivity index (χ0) is 11.2. The average Bonchev–Trinajstić information content (AvgIpc) is 2.55. The normalized spacial score (nSPS) is 34.7. The smallest absolute Gasteiger partial charge is 0.410 e. The number of fused-ring (bicyclic) bond motifs is 2. The third kappa shape index (κ3) is 1.95. The highest BCUT2D eigenvalue weighted by molar-refractivity contribution is 5.70. The van der Waals surface area contributed by atoms with Gasteiger partial charge >= 0.3 is 6.09 Å². The van der Waals surface area contributed by atoms with Gasteiger partial charge < -0.3 is 9.84 Å². The van der Waals surface area contributed by atoms with Crippen LogP contribution in [0, 0.1) is 0 Å². The molecule has 2 saturated heterocycles. The van der Waals surface area contributed by atoms with Gasteiger partial charge in [-0.1, -0.05) is 0 Å². The molecule has 86 valence electrons. The number of rotatable bonds is 0. The molecular weight excluding hydrogens is 194 g/mol. The monoisotopic (exact) mass is 213 g/mol. The highest BCUT2D eigenvalue weighted by Crippen LogP contribution is 2.38. The fraction of sp³-hybridized carbons (Fsp3) is 0.909. The first kappa shape index (κ1) is 10.7. The summed E-state index contributed by atoms with van der Waals surface area (Å²) in [4.78, 5) is 13.6. The van der Waals surface area contributed by atoms with Crippen LogP contribution in [0.2, 0.25) is 0 Å².